The molecule has 0 aromatic heterocycles. The van der Waals surface area contributed by atoms with Crippen LogP contribution < -0.4 is 5.09 Å². The molecule has 2 nitrogen and oxygen atoms in total. The Morgan fingerprint density at radius 2 is 2.14 bits per heavy atom. The summed E-state index contributed by atoms with van der Waals surface area (Å²) >= 11 is 0. The predicted molar refractivity (Wildman–Crippen MR) is 33.1 cm³/mol. The average Bonchev–Trinajstić information content (AvgIpc) is 1.68. The number of nitrogens with one attached hydrogen (secondary N) is 1. The van der Waals surface area contributed by atoms with Crippen molar-refractivity contribution in [2.75, 3.05) is 19.9 Å². The molecule has 0 aliphatic rings. The quantitative estimate of drug-likeness (QED) is 0.555. The molecule has 1 unspecified atom stereocenters. The largest absolute Gasteiger partial charge is 0.307 e. The fraction of sp³-hybridized carbons (Fsp3) is 1.00. The predicted octanol–water partition coefficient (Wildman–Crippen LogP) is 1.13. The van der Waals surface area contributed by atoms with Crippen LogP contribution in [0.3, 0.4) is 0 Å². The van der Waals surface area contributed by atoms with Gasteiger partial charge in [0, 0.05) is 12.8 Å². The van der Waals surface area contributed by atoms with Crippen molar-refractivity contribution in [2.24, 2.45) is 0 Å². The molecule has 0 aromatic carbocycles. The Kier molecular flexibility index (Phi) is 2.55. The summed E-state index contributed by atoms with van der Waals surface area (Å²) in [5.41, 5.74) is 0. The van der Waals surface area contributed by atoms with E-state index in [1.807, 2.05) is 6.92 Å². The molecule has 0 aromatic rings. The molecule has 0 spiro atoms. The number of rotatable bonds is 2. The van der Waals surface area contributed by atoms with Crippen molar-refractivity contribution in [1.29, 1.82) is 0 Å². The Balaban J connectivity index is 3.61. The van der Waals surface area contributed by atoms with Crippen LogP contribution >= 0.6 is 7.29 Å². The third-order valence-corrected chi connectivity index (χ3v) is 3.23. The monoisotopic (exact) mass is 121 g/mol. The normalized spacial score (nSPS) is 18.7. The van der Waals surface area contributed by atoms with Gasteiger partial charge < -0.3 is 4.57 Å². The van der Waals surface area contributed by atoms with Gasteiger partial charge in [-0.15, -0.1) is 0 Å². The van der Waals surface area contributed by atoms with Crippen LogP contribution in [-0.4, -0.2) is 19.9 Å². The summed E-state index contributed by atoms with van der Waals surface area (Å²) < 4.78 is 10.8. The fourth-order valence-corrected chi connectivity index (χ4v) is 0.474. The molecule has 1 N–H and O–H groups in total. The highest BCUT2D eigenvalue weighted by molar-refractivity contribution is 7.61. The average molecular weight is 121 g/mol. The first-order valence-electron chi connectivity index (χ1n) is 2.38. The van der Waals surface area contributed by atoms with Gasteiger partial charge in [-0.05, 0) is 7.05 Å². The van der Waals surface area contributed by atoms with Gasteiger partial charge in [-0.25, -0.2) is 0 Å². The summed E-state index contributed by atoms with van der Waals surface area (Å²) in [5, 5.41) is 2.75. The van der Waals surface area contributed by atoms with E-state index in [1.165, 1.54) is 0 Å². The second-order valence-corrected chi connectivity index (χ2v) is 4.92. The summed E-state index contributed by atoms with van der Waals surface area (Å²) in [6, 6.07) is 0. The maximum Gasteiger partial charge on any atom is 0.144 e. The summed E-state index contributed by atoms with van der Waals surface area (Å²) in [7, 11) is -0.178. The topological polar surface area (TPSA) is 29.1 Å². The summed E-state index contributed by atoms with van der Waals surface area (Å²) in [5.74, 6) is 0. The molecule has 0 saturated heterocycles. The van der Waals surface area contributed by atoms with E-state index in [-0.39, 0.29) is 0 Å². The third kappa shape index (κ3) is 2.84. The fourth-order valence-electron chi connectivity index (χ4n) is 0.158. The Hall–Kier alpha value is 0.190. The van der Waals surface area contributed by atoms with Gasteiger partial charge in [-0.1, -0.05) is 6.92 Å². The third-order valence-electron chi connectivity index (χ3n) is 1.08. The van der Waals surface area contributed by atoms with Gasteiger partial charge in [0.15, 0.2) is 0 Å². The zero-order chi connectivity index (χ0) is 5.91. The first-order chi connectivity index (χ1) is 3.12. The Bertz CT molecular complexity index is 83.7. The van der Waals surface area contributed by atoms with Crippen molar-refractivity contribution in [1.82, 2.24) is 5.09 Å². The van der Waals surface area contributed by atoms with E-state index in [0.717, 1.165) is 6.16 Å². The zero-order valence-electron chi connectivity index (χ0n) is 5.06. The molecule has 7 heavy (non-hydrogen) atoms. The lowest BCUT2D eigenvalue weighted by Crippen LogP contribution is -2.02. The maximum atomic E-state index is 10.8. The molecular formula is C4H12NOP. The van der Waals surface area contributed by atoms with Crippen LogP contribution in [0.15, 0.2) is 0 Å². The Labute approximate surface area is 44.7 Å². The van der Waals surface area contributed by atoms with Crippen LogP contribution in [0.2, 0.25) is 0 Å². The summed E-state index contributed by atoms with van der Waals surface area (Å²) in [4.78, 5) is 0. The highest BCUT2D eigenvalue weighted by Gasteiger charge is 2.04. The molecule has 0 rings (SSSR count). The molecule has 3 heteroatoms. The van der Waals surface area contributed by atoms with E-state index in [2.05, 4.69) is 5.09 Å². The van der Waals surface area contributed by atoms with E-state index in [1.54, 1.807) is 13.7 Å². The smallest absolute Gasteiger partial charge is 0.144 e. The van der Waals surface area contributed by atoms with Crippen molar-refractivity contribution in [3.63, 3.8) is 0 Å². The minimum atomic E-state index is -1.90. The van der Waals surface area contributed by atoms with Gasteiger partial charge in [0.2, 0.25) is 0 Å². The highest BCUT2D eigenvalue weighted by atomic mass is 31.2. The van der Waals surface area contributed by atoms with Gasteiger partial charge in [0.05, 0.1) is 0 Å². The lowest BCUT2D eigenvalue weighted by atomic mass is 11.0. The Morgan fingerprint density at radius 1 is 1.71 bits per heavy atom. The van der Waals surface area contributed by atoms with E-state index in [0.29, 0.717) is 0 Å². The van der Waals surface area contributed by atoms with Crippen LogP contribution in [0.4, 0.5) is 0 Å². The molecular weight excluding hydrogens is 109 g/mol. The first kappa shape index (κ1) is 7.19. The second kappa shape index (κ2) is 2.49. The lowest BCUT2D eigenvalue weighted by Gasteiger charge is -2.05. The molecule has 0 heterocycles. The Morgan fingerprint density at radius 3 is 2.14 bits per heavy atom. The summed E-state index contributed by atoms with van der Waals surface area (Å²) in [6.45, 7) is 3.66. The van der Waals surface area contributed by atoms with E-state index >= 15 is 0 Å². The molecule has 0 radical (unpaired) electrons. The minimum absolute atomic E-state index is 0.740. The SMILES string of the molecule is CCP(C)(=O)NC. The standard InChI is InChI=1S/C4H12NOP/c1-4-7(3,6)5-2/h4H2,1-3H3,(H,5,6). The lowest BCUT2D eigenvalue weighted by molar-refractivity contribution is 0.574. The van der Waals surface area contributed by atoms with Crippen molar-refractivity contribution in [2.45, 2.75) is 6.92 Å². The number of hydrogen-bond donors (Lipinski definition) is 1. The summed E-state index contributed by atoms with van der Waals surface area (Å²) in [6.07, 6.45) is 0.740. The molecule has 0 fully saturated rings. The van der Waals surface area contributed by atoms with Crippen molar-refractivity contribution in [3.8, 4) is 0 Å². The molecule has 0 saturated carbocycles. The van der Waals surface area contributed by atoms with Gasteiger partial charge in [0.25, 0.3) is 0 Å². The van der Waals surface area contributed by atoms with E-state index in [9.17, 15) is 4.57 Å². The maximum absolute atomic E-state index is 10.8. The second-order valence-electron chi connectivity index (χ2n) is 1.64. The van der Waals surface area contributed by atoms with Crippen LogP contribution in [0, 0.1) is 0 Å². The molecule has 44 valence electrons. The highest BCUT2D eigenvalue weighted by Crippen LogP contribution is 2.33. The van der Waals surface area contributed by atoms with Crippen LogP contribution in [0.5, 0.6) is 0 Å². The van der Waals surface area contributed by atoms with E-state index < -0.39 is 7.29 Å². The molecule has 0 aliphatic carbocycles. The molecule has 0 amide bonds. The van der Waals surface area contributed by atoms with Gasteiger partial charge >= 0.3 is 0 Å². The van der Waals surface area contributed by atoms with Gasteiger partial charge in [-0.3, -0.25) is 5.09 Å². The van der Waals surface area contributed by atoms with Crippen molar-refractivity contribution >= 4 is 7.29 Å². The van der Waals surface area contributed by atoms with Gasteiger partial charge in [0.1, 0.15) is 7.29 Å². The zero-order valence-corrected chi connectivity index (χ0v) is 5.96. The molecule has 1 atom stereocenters. The molecule has 0 aliphatic heterocycles. The minimum Gasteiger partial charge on any atom is -0.307 e. The van der Waals surface area contributed by atoms with Crippen LogP contribution in [0.1, 0.15) is 6.92 Å². The van der Waals surface area contributed by atoms with Crippen molar-refractivity contribution < 1.29 is 4.57 Å². The number of hydrogen-bond acceptors (Lipinski definition) is 1. The van der Waals surface area contributed by atoms with Crippen molar-refractivity contribution in [3.05, 3.63) is 0 Å². The van der Waals surface area contributed by atoms with Gasteiger partial charge in [-0.2, -0.15) is 0 Å². The molecule has 0 bridgehead atoms. The van der Waals surface area contributed by atoms with Crippen LogP contribution in [-0.2, 0) is 4.57 Å². The van der Waals surface area contributed by atoms with Crippen LogP contribution in [0.25, 0.3) is 0 Å². The van der Waals surface area contributed by atoms with E-state index in [4.69, 9.17) is 0 Å². The first-order valence-corrected chi connectivity index (χ1v) is 4.72.